The van der Waals surface area contributed by atoms with Crippen LogP contribution in [0.5, 0.6) is 0 Å². The fourth-order valence-corrected chi connectivity index (χ4v) is 11.0. The van der Waals surface area contributed by atoms with E-state index in [1.807, 2.05) is 48.5 Å². The van der Waals surface area contributed by atoms with E-state index in [1.165, 1.54) is 0 Å². The molecule has 2 heterocycles. The molecular formula is C37H36Br4N2O5S2. The van der Waals surface area contributed by atoms with Gasteiger partial charge in [-0.3, -0.25) is 4.79 Å². The van der Waals surface area contributed by atoms with Crippen molar-refractivity contribution in [3.63, 3.8) is 0 Å². The zero-order valence-electron chi connectivity index (χ0n) is 27.0. The van der Waals surface area contributed by atoms with Gasteiger partial charge in [0, 0.05) is 57.2 Å². The lowest BCUT2D eigenvalue weighted by Crippen LogP contribution is -2.53. The van der Waals surface area contributed by atoms with Crippen molar-refractivity contribution in [1.82, 2.24) is 9.80 Å². The fraction of sp³-hybridized carbons (Fsp3) is 0.324. The quantitative estimate of drug-likeness (QED) is 0.127. The second-order valence-corrected chi connectivity index (χ2v) is 21.0. The number of carbonyl (C=O) groups excluding carboxylic acids is 1. The van der Waals surface area contributed by atoms with Gasteiger partial charge in [-0.25, -0.2) is 16.8 Å². The molecule has 264 valence electrons. The number of hydrogen-bond donors (Lipinski definition) is 0. The number of Topliss-reactive ketones (excluding diaryl/α,β-unsaturated/α-hetero) is 1. The number of carbonyl (C=O) groups is 1. The van der Waals surface area contributed by atoms with E-state index in [1.54, 1.807) is 48.5 Å². The summed E-state index contributed by atoms with van der Waals surface area (Å²) in [7, 11) is -6.86. The maximum atomic E-state index is 14.7. The Kier molecular flexibility index (Phi) is 12.3. The number of rotatable bonds is 14. The minimum atomic E-state index is -3.43. The molecule has 0 N–H and O–H groups in total. The van der Waals surface area contributed by atoms with E-state index in [9.17, 15) is 21.6 Å². The van der Waals surface area contributed by atoms with Gasteiger partial charge in [-0.1, -0.05) is 88.0 Å². The molecule has 0 aliphatic carbocycles. The number of sulfone groups is 2. The molecule has 0 saturated carbocycles. The highest BCUT2D eigenvalue weighted by Crippen LogP contribution is 2.34. The third-order valence-corrected chi connectivity index (χ3v) is 15.4. The van der Waals surface area contributed by atoms with Crippen LogP contribution in [-0.4, -0.2) is 83.2 Å². The second-order valence-electron chi connectivity index (χ2n) is 13.3. The second kappa shape index (κ2) is 16.1. The summed E-state index contributed by atoms with van der Waals surface area (Å²) in [4.78, 5) is 19.7. The molecule has 4 aromatic rings. The average Bonchev–Trinajstić information content (AvgIpc) is 3.04. The largest absolute Gasteiger partial charge is 0.302 e. The van der Waals surface area contributed by atoms with Gasteiger partial charge >= 0.3 is 0 Å². The van der Waals surface area contributed by atoms with Crippen LogP contribution in [-0.2, 0) is 24.5 Å². The van der Waals surface area contributed by atoms with Gasteiger partial charge in [-0.2, -0.15) is 0 Å². The Morgan fingerprint density at radius 2 is 0.800 bits per heavy atom. The predicted molar refractivity (Wildman–Crippen MR) is 211 cm³/mol. The van der Waals surface area contributed by atoms with Gasteiger partial charge in [0.1, 0.15) is 5.78 Å². The molecule has 7 nitrogen and oxygen atoms in total. The fourth-order valence-electron chi connectivity index (χ4n) is 6.83. The molecule has 2 aliphatic rings. The van der Waals surface area contributed by atoms with Gasteiger partial charge in [0.2, 0.25) is 0 Å². The van der Waals surface area contributed by atoms with Crippen LogP contribution in [0.2, 0.25) is 0 Å². The summed E-state index contributed by atoms with van der Waals surface area (Å²) in [6, 6.07) is 29.2. The highest BCUT2D eigenvalue weighted by molar-refractivity contribution is 9.11. The van der Waals surface area contributed by atoms with Crippen molar-refractivity contribution >= 4 is 89.2 Å². The van der Waals surface area contributed by atoms with Crippen molar-refractivity contribution in [2.24, 2.45) is 11.8 Å². The molecule has 4 aromatic carbocycles. The zero-order chi connectivity index (χ0) is 35.6. The Morgan fingerprint density at radius 1 is 0.520 bits per heavy atom. The Morgan fingerprint density at radius 3 is 1.10 bits per heavy atom. The van der Waals surface area contributed by atoms with Crippen molar-refractivity contribution in [3.8, 4) is 0 Å². The minimum absolute atomic E-state index is 0.0155. The van der Waals surface area contributed by atoms with E-state index < -0.39 is 31.5 Å². The predicted octanol–water partition coefficient (Wildman–Crippen LogP) is 7.98. The number of ketones is 1. The van der Waals surface area contributed by atoms with Gasteiger partial charge in [-0.05, 0) is 95.8 Å². The molecule has 6 rings (SSSR count). The zero-order valence-corrected chi connectivity index (χ0v) is 34.9. The van der Waals surface area contributed by atoms with E-state index in [0.717, 1.165) is 29.0 Å². The Hall–Kier alpha value is -1.71. The lowest BCUT2D eigenvalue weighted by molar-refractivity contribution is -0.123. The summed E-state index contributed by atoms with van der Waals surface area (Å²) in [5.41, 5.74) is 1.82. The number of halogens is 4. The maximum absolute atomic E-state index is 14.7. The van der Waals surface area contributed by atoms with Crippen LogP contribution in [0.25, 0.3) is 0 Å². The Balaban J connectivity index is 1.15. The summed E-state index contributed by atoms with van der Waals surface area (Å²) in [5, 5.41) is 0. The first-order valence-electron chi connectivity index (χ1n) is 16.2. The maximum Gasteiger partial charge on any atom is 0.178 e. The molecule has 0 amide bonds. The van der Waals surface area contributed by atoms with Gasteiger partial charge in [0.05, 0.1) is 33.1 Å². The van der Waals surface area contributed by atoms with Gasteiger partial charge in [0.25, 0.3) is 0 Å². The van der Waals surface area contributed by atoms with Crippen LogP contribution in [0.4, 0.5) is 0 Å². The lowest BCUT2D eigenvalue weighted by Gasteiger charge is -2.43. The number of hydrogen-bond acceptors (Lipinski definition) is 7. The van der Waals surface area contributed by atoms with Crippen LogP contribution in [0.15, 0.2) is 125 Å². The van der Waals surface area contributed by atoms with Gasteiger partial charge in [0.15, 0.2) is 19.7 Å². The van der Waals surface area contributed by atoms with E-state index in [0.29, 0.717) is 49.1 Å². The van der Waals surface area contributed by atoms with Crippen molar-refractivity contribution in [2.75, 3.05) is 50.8 Å². The first-order valence-corrected chi connectivity index (χ1v) is 22.7. The smallest absolute Gasteiger partial charge is 0.178 e. The van der Waals surface area contributed by atoms with Crippen molar-refractivity contribution in [3.05, 3.63) is 126 Å². The summed E-state index contributed by atoms with van der Waals surface area (Å²) in [5.74, 6) is -0.677. The monoisotopic (exact) mass is 968 g/mol. The molecule has 2 atom stereocenters. The first kappa shape index (κ1) is 38.0. The van der Waals surface area contributed by atoms with Crippen molar-refractivity contribution in [1.29, 1.82) is 0 Å². The van der Waals surface area contributed by atoms with Gasteiger partial charge in [-0.15, -0.1) is 0 Å². The SMILES string of the molecule is O=C(C(CN1CC(CS(=O)(=O)c2ccc(Br)cc2)C1)c1ccc(Br)cc1)C(CN1CC(CS(=O)(=O)c2ccc(Br)cc2)C1)c1ccc(Br)cc1. The molecule has 2 unspecified atom stereocenters. The Bertz CT molecular complexity index is 1870. The standard InChI is InChI=1S/C37H36Br4N2O5S2/c38-29-5-1-27(2-6-29)35(21-42-17-25(18-42)23-49(45,46)33-13-9-31(40)10-14-33)37(44)36(28-3-7-30(39)8-4-28)22-43-19-26(20-43)24-50(47,48)34-15-11-32(41)12-16-34/h1-16,25-26,35-36H,17-24H2. The van der Waals surface area contributed by atoms with Crippen LogP contribution >= 0.6 is 63.7 Å². The number of likely N-dealkylation sites (tertiary alicyclic amines) is 2. The Labute approximate surface area is 328 Å². The normalized spacial score (nSPS) is 17.5. The highest BCUT2D eigenvalue weighted by atomic mass is 79.9. The van der Waals surface area contributed by atoms with E-state index in [2.05, 4.69) is 73.5 Å². The third-order valence-electron chi connectivity index (χ3n) is 9.43. The van der Waals surface area contributed by atoms with E-state index in [4.69, 9.17) is 0 Å². The molecule has 0 bridgehead atoms. The van der Waals surface area contributed by atoms with Crippen LogP contribution < -0.4 is 0 Å². The van der Waals surface area contributed by atoms with Crippen molar-refractivity contribution < 1.29 is 21.6 Å². The molecule has 0 aromatic heterocycles. The topological polar surface area (TPSA) is 91.8 Å². The summed E-state index contributed by atoms with van der Waals surface area (Å²) < 4.78 is 55.9. The third kappa shape index (κ3) is 9.44. The average molecular weight is 972 g/mol. The molecule has 50 heavy (non-hydrogen) atoms. The molecule has 2 fully saturated rings. The molecular weight excluding hydrogens is 936 g/mol. The molecule has 0 radical (unpaired) electrons. The molecule has 0 spiro atoms. The van der Waals surface area contributed by atoms with Crippen molar-refractivity contribution in [2.45, 2.75) is 21.6 Å². The summed E-state index contributed by atoms with van der Waals surface area (Å²) >= 11 is 13.8. The van der Waals surface area contributed by atoms with Gasteiger partial charge < -0.3 is 9.80 Å². The first-order chi connectivity index (χ1) is 23.8. The molecule has 2 aliphatic heterocycles. The van der Waals surface area contributed by atoms with Crippen LogP contribution in [0.3, 0.4) is 0 Å². The summed E-state index contributed by atoms with van der Waals surface area (Å²) in [6.45, 7) is 3.35. The van der Waals surface area contributed by atoms with Crippen LogP contribution in [0.1, 0.15) is 23.0 Å². The highest BCUT2D eigenvalue weighted by Gasteiger charge is 2.39. The summed E-state index contributed by atoms with van der Waals surface area (Å²) in [6.07, 6.45) is 0. The molecule has 2 saturated heterocycles. The number of benzene rings is 4. The molecule has 13 heteroatoms. The van der Waals surface area contributed by atoms with E-state index in [-0.39, 0.29) is 29.1 Å². The lowest BCUT2D eigenvalue weighted by atomic mass is 9.81. The van der Waals surface area contributed by atoms with Crippen LogP contribution in [0, 0.1) is 11.8 Å². The number of nitrogens with zero attached hydrogens (tertiary/aromatic N) is 2. The van der Waals surface area contributed by atoms with E-state index >= 15 is 0 Å². The minimum Gasteiger partial charge on any atom is -0.302 e.